The van der Waals surface area contributed by atoms with Crippen LogP contribution >= 0.6 is 22.9 Å². The maximum atomic E-state index is 13.3. The summed E-state index contributed by atoms with van der Waals surface area (Å²) in [6.07, 6.45) is -4.91. The number of ether oxygens (including phenoxy) is 1. The third-order valence-electron chi connectivity index (χ3n) is 4.20. The summed E-state index contributed by atoms with van der Waals surface area (Å²) in [6, 6.07) is 9.00. The summed E-state index contributed by atoms with van der Waals surface area (Å²) in [5.41, 5.74) is -1.25. The number of benzene rings is 2. The van der Waals surface area contributed by atoms with Gasteiger partial charge in [0.15, 0.2) is 17.2 Å². The van der Waals surface area contributed by atoms with Gasteiger partial charge in [-0.15, -0.1) is 11.3 Å². The molecular formula is C20H13ClF3NO7S2. The molecule has 34 heavy (non-hydrogen) atoms. The second-order valence-corrected chi connectivity index (χ2v) is 9.62. The van der Waals surface area contributed by atoms with Gasteiger partial charge in [0.05, 0.1) is 15.3 Å². The quantitative estimate of drug-likeness (QED) is 0.368. The third kappa shape index (κ3) is 5.43. The molecule has 0 saturated heterocycles. The molecule has 3 aromatic rings. The Balaban J connectivity index is 2.00. The molecule has 0 atom stereocenters. The summed E-state index contributed by atoms with van der Waals surface area (Å²) < 4.78 is 72.2. The third-order valence-corrected chi connectivity index (χ3v) is 7.32. The Hall–Kier alpha value is -3.29. The number of carbonyl (C=O) groups is 2. The van der Waals surface area contributed by atoms with E-state index in [1.807, 2.05) is 0 Å². The Bertz CT molecular complexity index is 1370. The van der Waals surface area contributed by atoms with Crippen LogP contribution in [0.3, 0.4) is 0 Å². The fraction of sp³-hybridized carbons (Fsp3) is 0.100. The monoisotopic (exact) mass is 535 g/mol. The number of sulfonamides is 1. The van der Waals surface area contributed by atoms with E-state index in [4.69, 9.17) is 21.4 Å². The molecule has 0 aliphatic rings. The van der Waals surface area contributed by atoms with Crippen LogP contribution in [-0.2, 0) is 21.0 Å². The number of aliphatic carboxylic acids is 1. The van der Waals surface area contributed by atoms with E-state index in [2.05, 4.69) is 4.72 Å². The minimum absolute atomic E-state index is 0.121. The molecule has 1 heterocycles. The molecule has 0 saturated carbocycles. The Morgan fingerprint density at radius 2 is 1.76 bits per heavy atom. The molecule has 0 amide bonds. The number of hydrogen-bond acceptors (Lipinski definition) is 6. The maximum absolute atomic E-state index is 13.3. The predicted octanol–water partition coefficient (Wildman–Crippen LogP) is 5.05. The molecule has 0 aliphatic heterocycles. The van der Waals surface area contributed by atoms with Gasteiger partial charge in [-0.05, 0) is 29.8 Å². The average molecular weight is 536 g/mol. The summed E-state index contributed by atoms with van der Waals surface area (Å²) in [5.74, 6) is -3.17. The highest BCUT2D eigenvalue weighted by molar-refractivity contribution is 7.92. The second kappa shape index (κ2) is 9.52. The molecule has 14 heteroatoms. The zero-order chi connectivity index (χ0) is 25.3. The number of halogens is 4. The molecule has 0 radical (unpaired) electrons. The van der Waals surface area contributed by atoms with Gasteiger partial charge >= 0.3 is 18.1 Å². The van der Waals surface area contributed by atoms with Crippen molar-refractivity contribution in [1.29, 1.82) is 0 Å². The molecule has 0 bridgehead atoms. The normalized spacial score (nSPS) is 11.8. The standard InChI is InChI=1S/C20H13ClF3NO7S2/c21-15-16(32-9-14(26)27)18(19(28)29)33-17(15)10-4-3-5-11(8-10)25-34(30,31)13-7-2-1-6-12(13)20(22,23)24/h1-8,25H,9H2,(H,26,27)(H,28,29). The van der Waals surface area contributed by atoms with Crippen molar-refractivity contribution in [3.8, 4) is 16.2 Å². The predicted molar refractivity (Wildman–Crippen MR) is 117 cm³/mol. The van der Waals surface area contributed by atoms with Crippen LogP contribution in [0.1, 0.15) is 15.2 Å². The lowest BCUT2D eigenvalue weighted by Crippen LogP contribution is -2.18. The van der Waals surface area contributed by atoms with E-state index in [9.17, 15) is 36.3 Å². The molecule has 8 nitrogen and oxygen atoms in total. The van der Waals surface area contributed by atoms with Gasteiger partial charge in [0, 0.05) is 5.69 Å². The van der Waals surface area contributed by atoms with E-state index in [1.165, 1.54) is 24.3 Å². The molecule has 2 aromatic carbocycles. The minimum Gasteiger partial charge on any atom is -0.479 e. The van der Waals surface area contributed by atoms with E-state index in [1.54, 1.807) is 0 Å². The van der Waals surface area contributed by atoms with Crippen molar-refractivity contribution in [2.24, 2.45) is 0 Å². The van der Waals surface area contributed by atoms with Crippen molar-refractivity contribution in [2.45, 2.75) is 11.1 Å². The van der Waals surface area contributed by atoms with Gasteiger partial charge in [0.25, 0.3) is 10.0 Å². The molecule has 3 rings (SSSR count). The number of thiophene rings is 1. The number of carboxylic acid groups (broad SMARTS) is 2. The van der Waals surface area contributed by atoms with Crippen molar-refractivity contribution < 1.29 is 46.1 Å². The van der Waals surface area contributed by atoms with Gasteiger partial charge in [-0.2, -0.15) is 13.2 Å². The molecule has 180 valence electrons. The van der Waals surface area contributed by atoms with Crippen LogP contribution < -0.4 is 9.46 Å². The summed E-state index contributed by atoms with van der Waals surface area (Å²) in [5, 5.41) is 17.9. The highest BCUT2D eigenvalue weighted by Gasteiger charge is 2.37. The first-order valence-electron chi connectivity index (χ1n) is 9.01. The lowest BCUT2D eigenvalue weighted by Gasteiger charge is -2.14. The highest BCUT2D eigenvalue weighted by Crippen LogP contribution is 2.46. The van der Waals surface area contributed by atoms with E-state index in [0.29, 0.717) is 17.4 Å². The molecule has 0 fully saturated rings. The first kappa shape index (κ1) is 25.3. The summed E-state index contributed by atoms with van der Waals surface area (Å²) >= 11 is 6.86. The molecule has 0 aliphatic carbocycles. The SMILES string of the molecule is O=C(O)COc1c(C(=O)O)sc(-c2cccc(NS(=O)(=O)c3ccccc3C(F)(F)F)c2)c1Cl. The summed E-state index contributed by atoms with van der Waals surface area (Å²) in [6.45, 7) is -0.853. The van der Waals surface area contributed by atoms with E-state index < -0.39 is 45.2 Å². The van der Waals surface area contributed by atoms with Gasteiger partial charge in [-0.3, -0.25) is 4.72 Å². The smallest absolute Gasteiger partial charge is 0.417 e. The Morgan fingerprint density at radius 3 is 2.38 bits per heavy atom. The van der Waals surface area contributed by atoms with Gasteiger partial charge in [-0.25, -0.2) is 18.0 Å². The molecule has 0 spiro atoms. The van der Waals surface area contributed by atoms with Crippen LogP contribution in [0, 0.1) is 0 Å². The van der Waals surface area contributed by atoms with Crippen LogP contribution in [0.5, 0.6) is 5.75 Å². The van der Waals surface area contributed by atoms with Crippen LogP contribution in [0.25, 0.3) is 10.4 Å². The van der Waals surface area contributed by atoms with Crippen LogP contribution in [0.15, 0.2) is 53.4 Å². The van der Waals surface area contributed by atoms with Crippen molar-refractivity contribution in [2.75, 3.05) is 11.3 Å². The number of aromatic carboxylic acids is 1. The molecular weight excluding hydrogens is 523 g/mol. The van der Waals surface area contributed by atoms with Gasteiger partial charge < -0.3 is 14.9 Å². The van der Waals surface area contributed by atoms with E-state index in [-0.39, 0.29) is 31.8 Å². The molecule has 3 N–H and O–H groups in total. The molecule has 1 aromatic heterocycles. The van der Waals surface area contributed by atoms with Crippen molar-refractivity contribution in [3.63, 3.8) is 0 Å². The van der Waals surface area contributed by atoms with Gasteiger partial charge in [-0.1, -0.05) is 35.9 Å². The zero-order valence-electron chi connectivity index (χ0n) is 16.6. The lowest BCUT2D eigenvalue weighted by molar-refractivity contribution is -0.140. The fourth-order valence-corrected chi connectivity index (χ4v) is 5.53. The molecule has 0 unspecified atom stereocenters. The second-order valence-electron chi connectivity index (χ2n) is 6.57. The van der Waals surface area contributed by atoms with Crippen LogP contribution in [-0.4, -0.2) is 37.2 Å². The Morgan fingerprint density at radius 1 is 1.09 bits per heavy atom. The van der Waals surface area contributed by atoms with Crippen LogP contribution in [0.4, 0.5) is 18.9 Å². The van der Waals surface area contributed by atoms with E-state index in [0.717, 1.165) is 18.2 Å². The zero-order valence-corrected chi connectivity index (χ0v) is 19.0. The van der Waals surface area contributed by atoms with Crippen LogP contribution in [0.2, 0.25) is 5.02 Å². The highest BCUT2D eigenvalue weighted by atomic mass is 35.5. The number of nitrogens with one attached hydrogen (secondary N) is 1. The average Bonchev–Trinajstić information content (AvgIpc) is 3.08. The topological polar surface area (TPSA) is 130 Å². The Kier molecular flexibility index (Phi) is 7.10. The first-order chi connectivity index (χ1) is 15.8. The number of hydrogen-bond donors (Lipinski definition) is 3. The number of rotatable bonds is 8. The lowest BCUT2D eigenvalue weighted by atomic mass is 10.1. The summed E-state index contributed by atoms with van der Waals surface area (Å²) in [4.78, 5) is 21.1. The van der Waals surface area contributed by atoms with Crippen molar-refractivity contribution >= 4 is 50.6 Å². The van der Waals surface area contributed by atoms with Crippen molar-refractivity contribution in [1.82, 2.24) is 0 Å². The number of alkyl halides is 3. The number of anilines is 1. The fourth-order valence-electron chi connectivity index (χ4n) is 2.85. The maximum Gasteiger partial charge on any atom is 0.417 e. The summed E-state index contributed by atoms with van der Waals surface area (Å²) in [7, 11) is -4.65. The van der Waals surface area contributed by atoms with Gasteiger partial charge in [0.1, 0.15) is 5.02 Å². The van der Waals surface area contributed by atoms with Gasteiger partial charge in [0.2, 0.25) is 0 Å². The van der Waals surface area contributed by atoms with Crippen molar-refractivity contribution in [3.05, 3.63) is 64.0 Å². The minimum atomic E-state index is -4.91. The number of carboxylic acids is 2. The first-order valence-corrected chi connectivity index (χ1v) is 11.7. The Labute approximate surface area is 199 Å². The largest absolute Gasteiger partial charge is 0.479 e. The van der Waals surface area contributed by atoms with E-state index >= 15 is 0 Å².